The number of hydrogen-bond acceptors (Lipinski definition) is 9. The molecule has 0 saturated carbocycles. The summed E-state index contributed by atoms with van der Waals surface area (Å²) in [5.74, 6) is 3.81. The number of ether oxygens (including phenoxy) is 5. The van der Waals surface area contributed by atoms with Crippen molar-refractivity contribution in [2.75, 3.05) is 70.7 Å². The van der Waals surface area contributed by atoms with E-state index >= 15 is 0 Å². The number of carbonyl (C=O) groups excluding carboxylic acids is 1. The smallest absolute Gasteiger partial charge is 0.337 e. The van der Waals surface area contributed by atoms with Crippen LogP contribution in [0.3, 0.4) is 0 Å². The maximum absolute atomic E-state index is 11.9. The van der Waals surface area contributed by atoms with Gasteiger partial charge >= 0.3 is 5.97 Å². The highest BCUT2D eigenvalue weighted by Gasteiger charge is 2.27. The van der Waals surface area contributed by atoms with E-state index in [0.717, 1.165) is 40.5 Å². The van der Waals surface area contributed by atoms with Crippen LogP contribution in [0.2, 0.25) is 0 Å². The van der Waals surface area contributed by atoms with Crippen molar-refractivity contribution in [3.8, 4) is 22.8 Å². The number of hydrogen-bond donors (Lipinski definition) is 3. The molecule has 0 atom stereocenters. The molecule has 0 bridgehead atoms. The average Bonchev–Trinajstić information content (AvgIpc) is 3.51. The van der Waals surface area contributed by atoms with Gasteiger partial charge in [-0.2, -0.15) is 5.10 Å². The molecular formula is C28H37N4O6S+. The van der Waals surface area contributed by atoms with Crippen LogP contribution in [0.1, 0.15) is 28.4 Å². The molecule has 0 aliphatic heterocycles. The Morgan fingerprint density at radius 2 is 1.87 bits per heavy atom. The lowest BCUT2D eigenvalue weighted by Crippen LogP contribution is -2.23. The summed E-state index contributed by atoms with van der Waals surface area (Å²) in [4.78, 5) is 11.9. The zero-order chi connectivity index (χ0) is 27.5. The van der Waals surface area contributed by atoms with Crippen molar-refractivity contribution in [3.63, 3.8) is 0 Å². The van der Waals surface area contributed by atoms with Gasteiger partial charge in [-0.05, 0) is 54.6 Å². The molecule has 210 valence electrons. The molecule has 2 aromatic carbocycles. The highest BCUT2D eigenvalue weighted by Crippen LogP contribution is 2.44. The van der Waals surface area contributed by atoms with Crippen LogP contribution in [0.4, 0.5) is 11.5 Å². The Bertz CT molecular complexity index is 1230. The Morgan fingerprint density at radius 3 is 2.67 bits per heavy atom. The summed E-state index contributed by atoms with van der Waals surface area (Å²) in [5, 5.41) is 14.3. The highest BCUT2D eigenvalue weighted by molar-refractivity contribution is 7.78. The predicted octanol–water partition coefficient (Wildman–Crippen LogP) is 3.31. The summed E-state index contributed by atoms with van der Waals surface area (Å²) in [6, 6.07) is 11.1. The summed E-state index contributed by atoms with van der Waals surface area (Å²) in [5.41, 5.74) is 5.32. The van der Waals surface area contributed by atoms with Crippen molar-refractivity contribution in [1.29, 1.82) is 0 Å². The van der Waals surface area contributed by atoms with Gasteiger partial charge in [0, 0.05) is 29.8 Å². The van der Waals surface area contributed by atoms with Crippen LogP contribution in [0.5, 0.6) is 11.5 Å². The van der Waals surface area contributed by atoms with E-state index in [0.29, 0.717) is 62.3 Å². The Hall–Kier alpha value is -3.25. The van der Waals surface area contributed by atoms with E-state index in [-0.39, 0.29) is 5.97 Å². The van der Waals surface area contributed by atoms with E-state index < -0.39 is 0 Å². The molecule has 1 aliphatic rings. The molecule has 10 nitrogen and oxygen atoms in total. The van der Waals surface area contributed by atoms with Crippen LogP contribution in [0, 0.1) is 0 Å². The molecule has 11 heteroatoms. The monoisotopic (exact) mass is 557 g/mol. The quantitative estimate of drug-likeness (QED) is 0.0778. The Morgan fingerprint density at radius 1 is 1.05 bits per heavy atom. The molecule has 0 fully saturated rings. The van der Waals surface area contributed by atoms with Crippen LogP contribution in [-0.2, 0) is 32.4 Å². The second-order valence-electron chi connectivity index (χ2n) is 8.73. The number of anilines is 2. The summed E-state index contributed by atoms with van der Waals surface area (Å²) in [6.45, 7) is 5.62. The number of H-pyrrole nitrogens is 1. The first-order valence-electron chi connectivity index (χ1n) is 13.0. The predicted molar refractivity (Wildman–Crippen MR) is 154 cm³/mol. The molecule has 0 saturated heterocycles. The minimum atomic E-state index is -0.387. The van der Waals surface area contributed by atoms with E-state index in [1.54, 1.807) is 25.3 Å². The van der Waals surface area contributed by atoms with Gasteiger partial charge in [-0.3, -0.25) is 10.4 Å². The van der Waals surface area contributed by atoms with Gasteiger partial charge in [0.15, 0.2) is 23.2 Å². The van der Waals surface area contributed by atoms with Crippen molar-refractivity contribution in [3.05, 3.63) is 53.1 Å². The number of thiol groups is 1. The molecule has 1 aromatic heterocycles. The van der Waals surface area contributed by atoms with Crippen molar-refractivity contribution in [2.24, 2.45) is 0 Å². The first kappa shape index (κ1) is 28.8. The number of aromatic nitrogens is 2. The fraction of sp³-hybridized carbons (Fsp3) is 0.429. The number of fused-ring (bicyclic) bond motifs is 3. The number of methoxy groups -OCH3 is 2. The fourth-order valence-corrected chi connectivity index (χ4v) is 4.77. The number of carbonyl (C=O) groups is 1. The van der Waals surface area contributed by atoms with Gasteiger partial charge in [-0.15, -0.1) is 0 Å². The van der Waals surface area contributed by atoms with Crippen LogP contribution in [0.25, 0.3) is 11.3 Å². The second kappa shape index (κ2) is 14.8. The lowest BCUT2D eigenvalue weighted by molar-refractivity contribution is 0.0372. The largest absolute Gasteiger partial charge is 0.493 e. The van der Waals surface area contributed by atoms with Gasteiger partial charge in [0.2, 0.25) is 0 Å². The second-order valence-corrected chi connectivity index (χ2v) is 10.1. The molecule has 0 amide bonds. The van der Waals surface area contributed by atoms with E-state index in [4.69, 9.17) is 23.7 Å². The van der Waals surface area contributed by atoms with Crippen LogP contribution < -0.4 is 20.1 Å². The third-order valence-corrected chi connectivity index (χ3v) is 7.06. The molecule has 39 heavy (non-hydrogen) atoms. The number of benzene rings is 2. The SMILES string of the molecule is CC[SH+]CNCCOCCOCCOc1cc2c(cc1OC)Cc1c(Nc3cccc(C(=O)OC)c3)n[nH]c1-2. The number of rotatable bonds is 17. The summed E-state index contributed by atoms with van der Waals surface area (Å²) in [6.07, 6.45) is 0.688. The topological polar surface area (TPSA) is 116 Å². The Balaban J connectivity index is 1.29. The number of nitrogens with zero attached hydrogens (tertiary/aromatic N) is 1. The van der Waals surface area contributed by atoms with E-state index in [2.05, 4.69) is 27.8 Å². The maximum Gasteiger partial charge on any atom is 0.337 e. The third-order valence-electron chi connectivity index (χ3n) is 6.17. The van der Waals surface area contributed by atoms with Crippen molar-refractivity contribution < 1.29 is 28.5 Å². The molecule has 1 heterocycles. The van der Waals surface area contributed by atoms with Gasteiger partial charge in [-0.1, -0.05) is 6.07 Å². The Labute approximate surface area is 233 Å². The minimum Gasteiger partial charge on any atom is -0.493 e. The zero-order valence-corrected chi connectivity index (χ0v) is 23.6. The summed E-state index contributed by atoms with van der Waals surface area (Å²) >= 11 is 1.41. The maximum atomic E-state index is 11.9. The van der Waals surface area contributed by atoms with E-state index in [1.807, 2.05) is 18.2 Å². The third kappa shape index (κ3) is 7.66. The van der Waals surface area contributed by atoms with Crippen molar-refractivity contribution in [1.82, 2.24) is 15.5 Å². The molecule has 0 radical (unpaired) electrons. The molecular weight excluding hydrogens is 520 g/mol. The lowest BCUT2D eigenvalue weighted by atomic mass is 10.1. The Kier molecular flexibility index (Phi) is 10.9. The zero-order valence-electron chi connectivity index (χ0n) is 22.7. The summed E-state index contributed by atoms with van der Waals surface area (Å²) < 4.78 is 27.6. The molecule has 0 unspecified atom stereocenters. The van der Waals surface area contributed by atoms with Gasteiger partial charge in [0.1, 0.15) is 12.4 Å². The number of esters is 1. The normalized spacial score (nSPS) is 11.7. The van der Waals surface area contributed by atoms with E-state index in [9.17, 15) is 4.79 Å². The molecule has 3 aromatic rings. The van der Waals surface area contributed by atoms with Crippen LogP contribution >= 0.6 is 0 Å². The van der Waals surface area contributed by atoms with Crippen LogP contribution in [0.15, 0.2) is 36.4 Å². The fourth-order valence-electron chi connectivity index (χ4n) is 4.23. The van der Waals surface area contributed by atoms with Crippen LogP contribution in [-0.4, -0.2) is 81.6 Å². The number of nitrogens with one attached hydrogen (secondary N) is 3. The first-order valence-corrected chi connectivity index (χ1v) is 14.3. The molecule has 4 rings (SSSR count). The summed E-state index contributed by atoms with van der Waals surface area (Å²) in [7, 11) is 3.00. The van der Waals surface area contributed by atoms with Crippen molar-refractivity contribution >= 4 is 29.2 Å². The van der Waals surface area contributed by atoms with Gasteiger partial charge in [0.05, 0.1) is 51.9 Å². The molecule has 3 N–H and O–H groups in total. The van der Waals surface area contributed by atoms with Gasteiger partial charge in [0.25, 0.3) is 0 Å². The molecule has 1 aliphatic carbocycles. The van der Waals surface area contributed by atoms with Gasteiger partial charge < -0.3 is 29.0 Å². The van der Waals surface area contributed by atoms with Gasteiger partial charge in [-0.25, -0.2) is 4.79 Å². The first-order chi connectivity index (χ1) is 19.1. The highest BCUT2D eigenvalue weighted by atomic mass is 32.2. The average molecular weight is 558 g/mol. The molecule has 0 spiro atoms. The standard InChI is InChI=1S/C28H36N4O6S/c1-4-39-18-29-8-9-36-10-11-37-12-13-38-25-17-22-20(16-24(25)34-2)15-23-26(22)31-32-27(23)30-21-7-5-6-19(14-21)28(33)35-3/h5-7,14,16-17,29H,4,8-13,15,18H2,1-3H3,(H2,30,31,32)/p+1. The number of aromatic amines is 1. The van der Waals surface area contributed by atoms with Crippen molar-refractivity contribution in [2.45, 2.75) is 13.3 Å². The lowest BCUT2D eigenvalue weighted by Gasteiger charge is -2.13. The minimum absolute atomic E-state index is 0.387. The van der Waals surface area contributed by atoms with E-state index in [1.165, 1.54) is 24.6 Å².